The highest BCUT2D eigenvalue weighted by Crippen LogP contribution is 2.30. The molecule has 14 heavy (non-hydrogen) atoms. The first kappa shape index (κ1) is 11.0. The van der Waals surface area contributed by atoms with E-state index < -0.39 is 11.5 Å². The first-order valence-electron chi connectivity index (χ1n) is 5.11. The average Bonchev–Trinajstić information content (AvgIpc) is 2.96. The summed E-state index contributed by atoms with van der Waals surface area (Å²) in [5.74, 6) is -0.973. The molecule has 1 aliphatic rings. The van der Waals surface area contributed by atoms with Gasteiger partial charge >= 0.3 is 5.97 Å². The summed E-state index contributed by atoms with van der Waals surface area (Å²) >= 11 is 0. The van der Waals surface area contributed by atoms with Gasteiger partial charge < -0.3 is 10.4 Å². The SMILES string of the molecule is CCC(CC)(NC(=O)C1CC1)C(=O)O. The second-order valence-corrected chi connectivity index (χ2v) is 3.86. The summed E-state index contributed by atoms with van der Waals surface area (Å²) in [7, 11) is 0. The summed E-state index contributed by atoms with van der Waals surface area (Å²) in [6.45, 7) is 3.57. The van der Waals surface area contributed by atoms with Gasteiger partial charge in [0, 0.05) is 5.92 Å². The van der Waals surface area contributed by atoms with Crippen molar-refractivity contribution in [3.63, 3.8) is 0 Å². The standard InChI is InChI=1S/C10H17NO3/c1-3-10(4-2,9(13)14)11-8(12)7-5-6-7/h7H,3-6H2,1-2H3,(H,11,12)(H,13,14). The van der Waals surface area contributed by atoms with Gasteiger partial charge in [-0.15, -0.1) is 0 Å². The fourth-order valence-electron chi connectivity index (χ4n) is 1.47. The van der Waals surface area contributed by atoms with Crippen molar-refractivity contribution in [1.29, 1.82) is 0 Å². The van der Waals surface area contributed by atoms with Crippen LogP contribution in [-0.4, -0.2) is 22.5 Å². The van der Waals surface area contributed by atoms with Gasteiger partial charge in [-0.25, -0.2) is 4.79 Å². The Morgan fingerprint density at radius 3 is 2.14 bits per heavy atom. The highest BCUT2D eigenvalue weighted by atomic mass is 16.4. The van der Waals surface area contributed by atoms with Crippen LogP contribution in [0.1, 0.15) is 39.5 Å². The lowest BCUT2D eigenvalue weighted by molar-refractivity contribution is -0.148. The first-order valence-corrected chi connectivity index (χ1v) is 5.11. The Balaban J connectivity index is 2.66. The summed E-state index contributed by atoms with van der Waals surface area (Å²) in [6, 6.07) is 0. The molecule has 0 radical (unpaired) electrons. The van der Waals surface area contributed by atoms with Crippen molar-refractivity contribution in [2.75, 3.05) is 0 Å². The van der Waals surface area contributed by atoms with E-state index in [0.717, 1.165) is 12.8 Å². The van der Waals surface area contributed by atoms with Crippen LogP contribution in [0.15, 0.2) is 0 Å². The highest BCUT2D eigenvalue weighted by Gasteiger charge is 2.40. The molecule has 1 saturated carbocycles. The van der Waals surface area contributed by atoms with Gasteiger partial charge in [-0.1, -0.05) is 13.8 Å². The number of hydrogen-bond donors (Lipinski definition) is 2. The number of aliphatic carboxylic acids is 1. The molecule has 0 aromatic carbocycles. The molecule has 1 rings (SSSR count). The van der Waals surface area contributed by atoms with Crippen LogP contribution in [0.5, 0.6) is 0 Å². The Bertz CT molecular complexity index is 242. The number of carboxylic acids is 1. The minimum atomic E-state index is -1.06. The van der Waals surface area contributed by atoms with Gasteiger partial charge in [-0.2, -0.15) is 0 Å². The van der Waals surface area contributed by atoms with E-state index in [1.807, 2.05) is 0 Å². The zero-order valence-electron chi connectivity index (χ0n) is 8.67. The van der Waals surface area contributed by atoms with E-state index in [1.54, 1.807) is 13.8 Å². The first-order chi connectivity index (χ1) is 6.55. The molecule has 0 bridgehead atoms. The van der Waals surface area contributed by atoms with Crippen molar-refractivity contribution >= 4 is 11.9 Å². The van der Waals surface area contributed by atoms with Crippen LogP contribution in [0.2, 0.25) is 0 Å². The molecule has 80 valence electrons. The quantitative estimate of drug-likeness (QED) is 0.698. The lowest BCUT2D eigenvalue weighted by atomic mass is 9.92. The maximum atomic E-state index is 11.5. The van der Waals surface area contributed by atoms with Crippen LogP contribution in [0.4, 0.5) is 0 Å². The van der Waals surface area contributed by atoms with Gasteiger partial charge in [0.05, 0.1) is 0 Å². The molecule has 4 nitrogen and oxygen atoms in total. The number of amides is 1. The molecular formula is C10H17NO3. The summed E-state index contributed by atoms with van der Waals surface area (Å²) < 4.78 is 0. The Morgan fingerprint density at radius 1 is 1.36 bits per heavy atom. The maximum absolute atomic E-state index is 11.5. The normalized spacial score (nSPS) is 16.4. The van der Waals surface area contributed by atoms with E-state index in [-0.39, 0.29) is 11.8 Å². The molecule has 0 atom stereocenters. The molecule has 2 N–H and O–H groups in total. The molecule has 0 spiro atoms. The number of nitrogens with one attached hydrogen (secondary N) is 1. The number of rotatable bonds is 5. The Morgan fingerprint density at radius 2 is 1.86 bits per heavy atom. The zero-order valence-corrected chi connectivity index (χ0v) is 8.67. The van der Waals surface area contributed by atoms with E-state index in [2.05, 4.69) is 5.32 Å². The lowest BCUT2D eigenvalue weighted by Crippen LogP contribution is -2.54. The third-order valence-electron chi connectivity index (χ3n) is 2.93. The Kier molecular flexibility index (Phi) is 3.13. The fraction of sp³-hybridized carbons (Fsp3) is 0.800. The maximum Gasteiger partial charge on any atom is 0.329 e. The van der Waals surface area contributed by atoms with E-state index in [9.17, 15) is 9.59 Å². The molecule has 1 fully saturated rings. The largest absolute Gasteiger partial charge is 0.480 e. The van der Waals surface area contributed by atoms with Crippen LogP contribution in [0, 0.1) is 5.92 Å². The van der Waals surface area contributed by atoms with E-state index in [1.165, 1.54) is 0 Å². The second kappa shape index (κ2) is 3.98. The van der Waals surface area contributed by atoms with Crippen molar-refractivity contribution in [3.8, 4) is 0 Å². The third-order valence-corrected chi connectivity index (χ3v) is 2.93. The predicted molar refractivity (Wildman–Crippen MR) is 51.8 cm³/mol. The summed E-state index contributed by atoms with van der Waals surface area (Å²) in [5, 5.41) is 11.7. The minimum absolute atomic E-state index is 0.0619. The molecule has 1 amide bonds. The minimum Gasteiger partial charge on any atom is -0.480 e. The van der Waals surface area contributed by atoms with Crippen LogP contribution in [0.25, 0.3) is 0 Å². The lowest BCUT2D eigenvalue weighted by Gasteiger charge is -2.28. The monoisotopic (exact) mass is 199 g/mol. The van der Waals surface area contributed by atoms with Crippen LogP contribution in [0.3, 0.4) is 0 Å². The van der Waals surface area contributed by atoms with E-state index in [0.29, 0.717) is 12.8 Å². The third kappa shape index (κ3) is 2.05. The van der Waals surface area contributed by atoms with Gasteiger partial charge in [0.25, 0.3) is 0 Å². The van der Waals surface area contributed by atoms with E-state index >= 15 is 0 Å². The number of carbonyl (C=O) groups excluding carboxylic acids is 1. The molecule has 0 unspecified atom stereocenters. The molecule has 0 saturated heterocycles. The van der Waals surface area contributed by atoms with Crippen molar-refractivity contribution in [1.82, 2.24) is 5.32 Å². The van der Waals surface area contributed by atoms with Gasteiger partial charge in [0.2, 0.25) is 5.91 Å². The number of hydrogen-bond acceptors (Lipinski definition) is 2. The molecular weight excluding hydrogens is 182 g/mol. The van der Waals surface area contributed by atoms with Gasteiger partial charge in [0.1, 0.15) is 5.54 Å². The summed E-state index contributed by atoms with van der Waals surface area (Å²) in [6.07, 6.45) is 2.65. The molecule has 0 aromatic heterocycles. The second-order valence-electron chi connectivity index (χ2n) is 3.86. The molecule has 4 heteroatoms. The molecule has 0 heterocycles. The fourth-order valence-corrected chi connectivity index (χ4v) is 1.47. The molecule has 0 aromatic rings. The Labute approximate surface area is 83.7 Å². The van der Waals surface area contributed by atoms with E-state index in [4.69, 9.17) is 5.11 Å². The van der Waals surface area contributed by atoms with Gasteiger partial charge in [-0.3, -0.25) is 4.79 Å². The van der Waals surface area contributed by atoms with Gasteiger partial charge in [-0.05, 0) is 25.7 Å². The zero-order chi connectivity index (χ0) is 10.8. The van der Waals surface area contributed by atoms with Gasteiger partial charge in [0.15, 0.2) is 0 Å². The topological polar surface area (TPSA) is 66.4 Å². The smallest absolute Gasteiger partial charge is 0.329 e. The van der Waals surface area contributed by atoms with Crippen molar-refractivity contribution in [2.24, 2.45) is 5.92 Å². The van der Waals surface area contributed by atoms with Crippen molar-refractivity contribution < 1.29 is 14.7 Å². The van der Waals surface area contributed by atoms with Crippen molar-refractivity contribution in [3.05, 3.63) is 0 Å². The van der Waals surface area contributed by atoms with Crippen LogP contribution < -0.4 is 5.32 Å². The van der Waals surface area contributed by atoms with Crippen LogP contribution in [-0.2, 0) is 9.59 Å². The molecule has 1 aliphatic carbocycles. The van der Waals surface area contributed by atoms with Crippen LogP contribution >= 0.6 is 0 Å². The number of carbonyl (C=O) groups is 2. The highest BCUT2D eigenvalue weighted by molar-refractivity contribution is 5.89. The Hall–Kier alpha value is -1.06. The predicted octanol–water partition coefficient (Wildman–Crippen LogP) is 1.16. The number of carboxylic acid groups (broad SMARTS) is 1. The van der Waals surface area contributed by atoms with Crippen molar-refractivity contribution in [2.45, 2.75) is 45.1 Å². The average molecular weight is 199 g/mol. The summed E-state index contributed by atoms with van der Waals surface area (Å²) in [5.41, 5.74) is -1.06. The molecule has 0 aliphatic heterocycles. The summed E-state index contributed by atoms with van der Waals surface area (Å²) in [4.78, 5) is 22.5.